The summed E-state index contributed by atoms with van der Waals surface area (Å²) in [6.45, 7) is 1.77. The maximum Gasteiger partial charge on any atom is 0.203 e. The average molecular weight is 271 g/mol. The molecular weight excluding hydrogens is 255 g/mol. The van der Waals surface area contributed by atoms with Gasteiger partial charge in [0.2, 0.25) is 5.82 Å². The largest absolute Gasteiger partial charge is 0.487 e. The molecule has 0 aromatic heterocycles. The van der Waals surface area contributed by atoms with E-state index in [-0.39, 0.29) is 11.9 Å². The third kappa shape index (κ3) is 2.56. The number of ether oxygens (including phenoxy) is 1. The lowest BCUT2D eigenvalue weighted by atomic mass is 9.97. The molecule has 0 bridgehead atoms. The second kappa shape index (κ2) is 5.04. The molecule has 0 amide bonds. The standard InChI is InChI=1S/C14H16F3NO/c15-10-3-4-11(13(17)12(10)16)19-14(8-1-2-8)9-5-6-18-7-9/h3-4,8-9,14,18H,1-2,5-7H2/t9-,14+/m0/s1. The van der Waals surface area contributed by atoms with Gasteiger partial charge in [-0.25, -0.2) is 8.78 Å². The minimum Gasteiger partial charge on any atom is -0.487 e. The Kier molecular flexibility index (Phi) is 3.39. The fourth-order valence-corrected chi connectivity index (χ4v) is 2.71. The van der Waals surface area contributed by atoms with Gasteiger partial charge in [0.15, 0.2) is 17.4 Å². The van der Waals surface area contributed by atoms with Crippen LogP contribution in [0.1, 0.15) is 19.3 Å². The van der Waals surface area contributed by atoms with Crippen LogP contribution in [0.25, 0.3) is 0 Å². The Morgan fingerprint density at radius 3 is 2.47 bits per heavy atom. The molecule has 1 saturated heterocycles. The zero-order valence-electron chi connectivity index (χ0n) is 10.5. The highest BCUT2D eigenvalue weighted by Gasteiger charge is 2.40. The van der Waals surface area contributed by atoms with Gasteiger partial charge < -0.3 is 10.1 Å². The molecular formula is C14H16F3NO. The maximum atomic E-state index is 13.6. The number of hydrogen-bond donors (Lipinski definition) is 1. The van der Waals surface area contributed by atoms with Gasteiger partial charge in [0.1, 0.15) is 6.10 Å². The fourth-order valence-electron chi connectivity index (χ4n) is 2.71. The molecule has 104 valence electrons. The SMILES string of the molecule is Fc1ccc(O[C@H](C2CC2)[C@H]2CCNC2)c(F)c1F. The molecule has 5 heteroatoms. The Morgan fingerprint density at radius 1 is 1.05 bits per heavy atom. The van der Waals surface area contributed by atoms with Crippen LogP contribution >= 0.6 is 0 Å². The number of hydrogen-bond acceptors (Lipinski definition) is 2. The molecule has 1 N–H and O–H groups in total. The van der Waals surface area contributed by atoms with Crippen molar-refractivity contribution in [2.45, 2.75) is 25.4 Å². The lowest BCUT2D eigenvalue weighted by Crippen LogP contribution is -2.31. The first kappa shape index (κ1) is 12.8. The van der Waals surface area contributed by atoms with Gasteiger partial charge in [-0.1, -0.05) is 0 Å². The van der Waals surface area contributed by atoms with E-state index in [4.69, 9.17) is 4.74 Å². The van der Waals surface area contributed by atoms with E-state index in [0.717, 1.165) is 38.4 Å². The molecule has 1 saturated carbocycles. The molecule has 2 fully saturated rings. The van der Waals surface area contributed by atoms with Crippen molar-refractivity contribution in [2.24, 2.45) is 11.8 Å². The van der Waals surface area contributed by atoms with Crippen LogP contribution < -0.4 is 10.1 Å². The number of halogens is 3. The first-order valence-electron chi connectivity index (χ1n) is 6.67. The van der Waals surface area contributed by atoms with Gasteiger partial charge in [0, 0.05) is 12.5 Å². The van der Waals surface area contributed by atoms with E-state index in [1.807, 2.05) is 0 Å². The van der Waals surface area contributed by atoms with Crippen molar-refractivity contribution < 1.29 is 17.9 Å². The van der Waals surface area contributed by atoms with E-state index in [0.29, 0.717) is 11.8 Å². The minimum absolute atomic E-state index is 0.102. The van der Waals surface area contributed by atoms with Gasteiger partial charge >= 0.3 is 0 Å². The fraction of sp³-hybridized carbons (Fsp3) is 0.571. The maximum absolute atomic E-state index is 13.6. The Balaban J connectivity index is 1.80. The zero-order valence-corrected chi connectivity index (χ0v) is 10.5. The normalized spacial score (nSPS) is 24.5. The molecule has 3 rings (SSSR count). The van der Waals surface area contributed by atoms with Crippen molar-refractivity contribution in [1.82, 2.24) is 5.32 Å². The topological polar surface area (TPSA) is 21.3 Å². The second-order valence-corrected chi connectivity index (χ2v) is 5.35. The van der Waals surface area contributed by atoms with Crippen molar-refractivity contribution in [3.63, 3.8) is 0 Å². The smallest absolute Gasteiger partial charge is 0.203 e. The lowest BCUT2D eigenvalue weighted by molar-refractivity contribution is 0.114. The van der Waals surface area contributed by atoms with Crippen molar-refractivity contribution >= 4 is 0 Å². The predicted octanol–water partition coefficient (Wildman–Crippen LogP) is 2.87. The van der Waals surface area contributed by atoms with Gasteiger partial charge in [-0.05, 0) is 43.9 Å². The molecule has 1 heterocycles. The predicted molar refractivity (Wildman–Crippen MR) is 64.4 cm³/mol. The van der Waals surface area contributed by atoms with Crippen LogP contribution in [0.4, 0.5) is 13.2 Å². The molecule has 19 heavy (non-hydrogen) atoms. The van der Waals surface area contributed by atoms with Gasteiger partial charge in [-0.3, -0.25) is 0 Å². The first-order chi connectivity index (χ1) is 9.16. The van der Waals surface area contributed by atoms with Crippen LogP contribution in [0.15, 0.2) is 12.1 Å². The zero-order chi connectivity index (χ0) is 13.4. The summed E-state index contributed by atoms with van der Waals surface area (Å²) in [7, 11) is 0. The van der Waals surface area contributed by atoms with Gasteiger partial charge in [-0.15, -0.1) is 0 Å². The highest BCUT2D eigenvalue weighted by molar-refractivity contribution is 5.26. The van der Waals surface area contributed by atoms with Crippen molar-refractivity contribution in [1.29, 1.82) is 0 Å². The Bertz CT molecular complexity index is 470. The molecule has 1 aromatic carbocycles. The summed E-state index contributed by atoms with van der Waals surface area (Å²) in [6, 6.07) is 2.08. The van der Waals surface area contributed by atoms with Crippen molar-refractivity contribution in [2.75, 3.05) is 13.1 Å². The average Bonchev–Trinajstić information content (AvgIpc) is 3.10. The third-order valence-electron chi connectivity index (χ3n) is 3.91. The molecule has 1 aliphatic heterocycles. The van der Waals surface area contributed by atoms with E-state index >= 15 is 0 Å². The summed E-state index contributed by atoms with van der Waals surface area (Å²) in [6.07, 6.45) is 3.00. The summed E-state index contributed by atoms with van der Waals surface area (Å²) < 4.78 is 45.4. The van der Waals surface area contributed by atoms with Crippen LogP contribution in [0, 0.1) is 29.3 Å². The van der Waals surface area contributed by atoms with E-state index in [1.54, 1.807) is 0 Å². The van der Waals surface area contributed by atoms with E-state index in [9.17, 15) is 13.2 Å². The molecule has 2 atom stereocenters. The summed E-state index contributed by atoms with van der Waals surface area (Å²) >= 11 is 0. The van der Waals surface area contributed by atoms with Crippen molar-refractivity contribution in [3.05, 3.63) is 29.6 Å². The highest BCUT2D eigenvalue weighted by atomic mass is 19.2. The van der Waals surface area contributed by atoms with Crippen LogP contribution in [-0.2, 0) is 0 Å². The molecule has 1 aliphatic carbocycles. The van der Waals surface area contributed by atoms with Crippen LogP contribution in [0.2, 0.25) is 0 Å². The molecule has 2 nitrogen and oxygen atoms in total. The Morgan fingerprint density at radius 2 is 1.84 bits per heavy atom. The highest BCUT2D eigenvalue weighted by Crippen LogP contribution is 2.40. The summed E-state index contributed by atoms with van der Waals surface area (Å²) in [4.78, 5) is 0. The van der Waals surface area contributed by atoms with Crippen LogP contribution in [0.3, 0.4) is 0 Å². The third-order valence-corrected chi connectivity index (χ3v) is 3.91. The summed E-state index contributed by atoms with van der Waals surface area (Å²) in [5.74, 6) is -3.32. The number of nitrogens with one attached hydrogen (secondary N) is 1. The summed E-state index contributed by atoms with van der Waals surface area (Å²) in [5.41, 5.74) is 0. The Labute approximate surface area is 109 Å². The minimum atomic E-state index is -1.46. The molecule has 0 radical (unpaired) electrons. The van der Waals surface area contributed by atoms with Crippen molar-refractivity contribution in [3.8, 4) is 5.75 Å². The van der Waals surface area contributed by atoms with E-state index < -0.39 is 17.5 Å². The van der Waals surface area contributed by atoms with Gasteiger partial charge in [0.25, 0.3) is 0 Å². The Hall–Kier alpha value is -1.23. The lowest BCUT2D eigenvalue weighted by Gasteiger charge is -2.24. The number of benzene rings is 1. The quantitative estimate of drug-likeness (QED) is 0.850. The molecule has 0 unspecified atom stereocenters. The second-order valence-electron chi connectivity index (χ2n) is 5.35. The van der Waals surface area contributed by atoms with Crippen LogP contribution in [-0.4, -0.2) is 19.2 Å². The van der Waals surface area contributed by atoms with Gasteiger partial charge in [0.05, 0.1) is 0 Å². The van der Waals surface area contributed by atoms with Gasteiger partial charge in [-0.2, -0.15) is 4.39 Å². The van der Waals surface area contributed by atoms with E-state index in [1.165, 1.54) is 6.07 Å². The molecule has 2 aliphatic rings. The van der Waals surface area contributed by atoms with E-state index in [2.05, 4.69) is 5.32 Å². The molecule has 0 spiro atoms. The number of rotatable bonds is 4. The monoisotopic (exact) mass is 271 g/mol. The first-order valence-corrected chi connectivity index (χ1v) is 6.67. The van der Waals surface area contributed by atoms with Crippen LogP contribution in [0.5, 0.6) is 5.75 Å². The summed E-state index contributed by atoms with van der Waals surface area (Å²) in [5, 5.41) is 3.25. The molecule has 1 aromatic rings.